The van der Waals surface area contributed by atoms with Gasteiger partial charge >= 0.3 is 6.03 Å². The van der Waals surface area contributed by atoms with E-state index in [1.54, 1.807) is 18.2 Å². The molecule has 0 aliphatic carbocycles. The van der Waals surface area contributed by atoms with Crippen LogP contribution in [0.5, 0.6) is 0 Å². The number of imide groups is 1. The SMILES string of the molecule is O=C1CCC(N2Cc3ccc(CNC(=O)Nc4cc(Cl)cc(Cl)c4)cc3C2)C(=O)N1. The Morgan fingerprint density at radius 3 is 2.53 bits per heavy atom. The zero-order valence-electron chi connectivity index (χ0n) is 16.0. The predicted octanol–water partition coefficient (Wildman–Crippen LogP) is 3.44. The summed E-state index contributed by atoms with van der Waals surface area (Å²) >= 11 is 11.9. The van der Waals surface area contributed by atoms with E-state index in [-0.39, 0.29) is 23.9 Å². The number of carbonyl (C=O) groups excluding carboxylic acids is 3. The van der Waals surface area contributed by atoms with Crippen LogP contribution < -0.4 is 16.0 Å². The number of anilines is 1. The van der Waals surface area contributed by atoms with Crippen molar-refractivity contribution in [3.8, 4) is 0 Å². The molecule has 1 saturated heterocycles. The molecule has 1 atom stereocenters. The molecule has 0 saturated carbocycles. The van der Waals surface area contributed by atoms with Crippen molar-refractivity contribution in [1.29, 1.82) is 0 Å². The lowest BCUT2D eigenvalue weighted by molar-refractivity contribution is -0.137. The molecule has 2 aromatic rings. The number of benzene rings is 2. The maximum absolute atomic E-state index is 12.2. The van der Waals surface area contributed by atoms with Crippen LogP contribution in [0, 0.1) is 0 Å². The molecule has 2 heterocycles. The van der Waals surface area contributed by atoms with Gasteiger partial charge in [0.05, 0.1) is 6.04 Å². The smallest absolute Gasteiger partial charge is 0.319 e. The first-order valence-electron chi connectivity index (χ1n) is 9.57. The normalized spacial score (nSPS) is 18.7. The summed E-state index contributed by atoms with van der Waals surface area (Å²) in [6.07, 6.45) is 0.909. The number of fused-ring (bicyclic) bond motifs is 1. The number of hydrogen-bond acceptors (Lipinski definition) is 4. The highest BCUT2D eigenvalue weighted by molar-refractivity contribution is 6.35. The quantitative estimate of drug-likeness (QED) is 0.627. The molecule has 0 spiro atoms. The third-order valence-corrected chi connectivity index (χ3v) is 5.68. The fourth-order valence-corrected chi connectivity index (χ4v) is 4.34. The molecule has 2 aromatic carbocycles. The van der Waals surface area contributed by atoms with Crippen LogP contribution in [0.15, 0.2) is 36.4 Å². The summed E-state index contributed by atoms with van der Waals surface area (Å²) in [4.78, 5) is 37.8. The van der Waals surface area contributed by atoms with Crippen LogP contribution in [0.4, 0.5) is 10.5 Å². The first-order chi connectivity index (χ1) is 14.4. The summed E-state index contributed by atoms with van der Waals surface area (Å²) < 4.78 is 0. The molecule has 4 amide bonds. The van der Waals surface area contributed by atoms with E-state index in [9.17, 15) is 14.4 Å². The number of piperidine rings is 1. The monoisotopic (exact) mass is 446 g/mol. The van der Waals surface area contributed by atoms with E-state index in [1.807, 2.05) is 18.2 Å². The van der Waals surface area contributed by atoms with Crippen molar-refractivity contribution in [2.45, 2.75) is 38.5 Å². The van der Waals surface area contributed by atoms with Gasteiger partial charge < -0.3 is 10.6 Å². The largest absolute Gasteiger partial charge is 0.334 e. The zero-order valence-corrected chi connectivity index (χ0v) is 17.5. The van der Waals surface area contributed by atoms with Gasteiger partial charge in [-0.3, -0.25) is 19.8 Å². The highest BCUT2D eigenvalue weighted by Crippen LogP contribution is 2.28. The number of carbonyl (C=O) groups is 3. The average Bonchev–Trinajstić information content (AvgIpc) is 3.08. The van der Waals surface area contributed by atoms with E-state index in [2.05, 4.69) is 20.9 Å². The maximum Gasteiger partial charge on any atom is 0.319 e. The molecule has 7 nitrogen and oxygen atoms in total. The Kier molecular flexibility index (Phi) is 5.94. The number of halogens is 2. The molecular formula is C21H20Cl2N4O3. The number of hydrogen-bond donors (Lipinski definition) is 3. The molecule has 3 N–H and O–H groups in total. The van der Waals surface area contributed by atoms with Crippen LogP contribution in [0.3, 0.4) is 0 Å². The van der Waals surface area contributed by atoms with Gasteiger partial charge in [-0.1, -0.05) is 41.4 Å². The first-order valence-corrected chi connectivity index (χ1v) is 10.3. The van der Waals surface area contributed by atoms with Crippen LogP contribution in [0.2, 0.25) is 10.0 Å². The molecule has 30 heavy (non-hydrogen) atoms. The maximum atomic E-state index is 12.2. The Labute approximate surface area is 183 Å². The third-order valence-electron chi connectivity index (χ3n) is 5.24. The van der Waals surface area contributed by atoms with Gasteiger partial charge in [-0.15, -0.1) is 0 Å². The fourth-order valence-electron chi connectivity index (χ4n) is 3.82. The van der Waals surface area contributed by atoms with Gasteiger partial charge in [0.15, 0.2) is 0 Å². The Balaban J connectivity index is 1.34. The highest BCUT2D eigenvalue weighted by atomic mass is 35.5. The molecule has 1 unspecified atom stereocenters. The van der Waals surface area contributed by atoms with Gasteiger partial charge in [-0.25, -0.2) is 4.79 Å². The van der Waals surface area contributed by atoms with Crippen molar-refractivity contribution in [1.82, 2.24) is 15.5 Å². The van der Waals surface area contributed by atoms with Crippen molar-refractivity contribution < 1.29 is 14.4 Å². The van der Waals surface area contributed by atoms with E-state index in [4.69, 9.17) is 23.2 Å². The van der Waals surface area contributed by atoms with E-state index in [0.717, 1.165) is 16.7 Å². The van der Waals surface area contributed by atoms with Gasteiger partial charge in [-0.05, 0) is 41.3 Å². The Morgan fingerprint density at radius 2 is 1.80 bits per heavy atom. The van der Waals surface area contributed by atoms with Crippen molar-refractivity contribution in [2.75, 3.05) is 5.32 Å². The lowest BCUT2D eigenvalue weighted by Crippen LogP contribution is -2.50. The molecule has 1 fully saturated rings. The standard InChI is InChI=1S/C21H20Cl2N4O3/c22-15-6-16(23)8-17(7-15)25-21(30)24-9-12-1-2-13-10-27(11-14(13)5-12)18-3-4-19(28)26-20(18)29/h1-2,5-8,18H,3-4,9-11H2,(H2,24,25,30)(H,26,28,29). The molecule has 156 valence electrons. The summed E-state index contributed by atoms with van der Waals surface area (Å²) in [6, 6.07) is 10.2. The van der Waals surface area contributed by atoms with Gasteiger partial charge in [0.25, 0.3) is 0 Å². The number of amides is 4. The van der Waals surface area contributed by atoms with E-state index < -0.39 is 0 Å². The minimum absolute atomic E-state index is 0.209. The Bertz CT molecular complexity index is 1010. The average molecular weight is 447 g/mol. The number of rotatable bonds is 4. The topological polar surface area (TPSA) is 90.5 Å². The molecular weight excluding hydrogens is 427 g/mol. The van der Waals surface area contributed by atoms with Gasteiger partial charge in [0.1, 0.15) is 0 Å². The van der Waals surface area contributed by atoms with E-state index >= 15 is 0 Å². The van der Waals surface area contributed by atoms with Crippen LogP contribution in [0.1, 0.15) is 29.5 Å². The fraction of sp³-hybridized carbons (Fsp3) is 0.286. The molecule has 4 rings (SSSR count). The van der Waals surface area contributed by atoms with Gasteiger partial charge in [0, 0.05) is 41.8 Å². The minimum Gasteiger partial charge on any atom is -0.334 e. The van der Waals surface area contributed by atoms with Gasteiger partial charge in [-0.2, -0.15) is 0 Å². The second-order valence-corrected chi connectivity index (χ2v) is 8.31. The molecule has 9 heteroatoms. The van der Waals surface area contributed by atoms with Crippen molar-refractivity contribution in [3.05, 3.63) is 63.1 Å². The molecule has 0 aromatic heterocycles. The van der Waals surface area contributed by atoms with Crippen molar-refractivity contribution in [3.63, 3.8) is 0 Å². The minimum atomic E-state index is -0.362. The van der Waals surface area contributed by atoms with Crippen molar-refractivity contribution >= 4 is 46.7 Å². The molecule has 0 bridgehead atoms. The summed E-state index contributed by atoms with van der Waals surface area (Å²) in [5.41, 5.74) is 3.75. The van der Waals surface area contributed by atoms with Crippen LogP contribution in [-0.2, 0) is 29.2 Å². The highest BCUT2D eigenvalue weighted by Gasteiger charge is 2.34. The van der Waals surface area contributed by atoms with Crippen LogP contribution in [-0.4, -0.2) is 28.8 Å². The molecule has 2 aliphatic heterocycles. The molecule has 2 aliphatic rings. The van der Waals surface area contributed by atoms with E-state index in [1.165, 1.54) is 0 Å². The van der Waals surface area contributed by atoms with E-state index in [0.29, 0.717) is 48.2 Å². The summed E-state index contributed by atoms with van der Waals surface area (Å²) in [6.45, 7) is 1.67. The summed E-state index contributed by atoms with van der Waals surface area (Å²) in [5.74, 6) is -0.432. The van der Waals surface area contributed by atoms with Gasteiger partial charge in [0.2, 0.25) is 11.8 Å². The second kappa shape index (κ2) is 8.63. The Hall–Kier alpha value is -2.61. The summed E-state index contributed by atoms with van der Waals surface area (Å²) in [7, 11) is 0. The number of nitrogens with one attached hydrogen (secondary N) is 3. The Morgan fingerprint density at radius 1 is 1.07 bits per heavy atom. The predicted molar refractivity (Wildman–Crippen MR) is 114 cm³/mol. The number of nitrogens with zero attached hydrogens (tertiary/aromatic N) is 1. The van der Waals surface area contributed by atoms with Crippen LogP contribution in [0.25, 0.3) is 0 Å². The third kappa shape index (κ3) is 4.75. The lowest BCUT2D eigenvalue weighted by atomic mass is 10.0. The molecule has 0 radical (unpaired) electrons. The van der Waals surface area contributed by atoms with Crippen LogP contribution >= 0.6 is 23.2 Å². The van der Waals surface area contributed by atoms with Crippen molar-refractivity contribution in [2.24, 2.45) is 0 Å². The first kappa shape index (κ1) is 20.7. The zero-order chi connectivity index (χ0) is 21.3. The second-order valence-electron chi connectivity index (χ2n) is 7.44. The lowest BCUT2D eigenvalue weighted by Gasteiger charge is -2.29. The summed E-state index contributed by atoms with van der Waals surface area (Å²) in [5, 5.41) is 8.81. The number of urea groups is 1.